The second-order valence-corrected chi connectivity index (χ2v) is 4.69. The summed E-state index contributed by atoms with van der Waals surface area (Å²) in [6.07, 6.45) is -3.19. The Hall–Kier alpha value is -1.07. The predicted octanol–water partition coefficient (Wildman–Crippen LogP) is 3.14. The van der Waals surface area contributed by atoms with E-state index >= 15 is 0 Å². The normalized spacial score (nSPS) is 12.1. The van der Waals surface area contributed by atoms with Crippen LogP contribution in [0.2, 0.25) is 0 Å². The molecule has 19 heavy (non-hydrogen) atoms. The van der Waals surface area contributed by atoms with Crippen molar-refractivity contribution in [1.82, 2.24) is 10.2 Å². The molecule has 0 saturated heterocycles. The number of nitrogens with zero attached hydrogens (tertiary/aromatic N) is 1. The third-order valence-corrected chi connectivity index (χ3v) is 2.80. The Labute approximate surface area is 112 Å². The molecule has 0 saturated carbocycles. The molecule has 0 amide bonds. The molecule has 1 aromatic rings. The van der Waals surface area contributed by atoms with Gasteiger partial charge in [-0.1, -0.05) is 25.1 Å². The van der Waals surface area contributed by atoms with Gasteiger partial charge in [-0.25, -0.2) is 0 Å². The third-order valence-electron chi connectivity index (χ3n) is 2.80. The van der Waals surface area contributed by atoms with E-state index in [-0.39, 0.29) is 0 Å². The smallest absolute Gasteiger partial charge is 0.315 e. The van der Waals surface area contributed by atoms with Crippen LogP contribution in [0.15, 0.2) is 24.3 Å². The first-order valence-corrected chi connectivity index (χ1v) is 6.49. The highest BCUT2D eigenvalue weighted by atomic mass is 19.4. The van der Waals surface area contributed by atoms with Crippen LogP contribution in [0.1, 0.15) is 24.5 Å². The van der Waals surface area contributed by atoms with E-state index in [1.807, 2.05) is 11.9 Å². The average molecular weight is 274 g/mol. The second-order valence-electron chi connectivity index (χ2n) is 4.69. The number of hydrogen-bond acceptors (Lipinski definition) is 2. The fourth-order valence-corrected chi connectivity index (χ4v) is 1.81. The van der Waals surface area contributed by atoms with Gasteiger partial charge in [-0.3, -0.25) is 0 Å². The molecule has 2 nitrogen and oxygen atoms in total. The minimum Gasteiger partial charge on any atom is -0.315 e. The van der Waals surface area contributed by atoms with Gasteiger partial charge in [0.05, 0.1) is 5.56 Å². The number of alkyl halides is 3. The van der Waals surface area contributed by atoms with E-state index < -0.39 is 11.7 Å². The SMILES string of the molecule is CCCNCCN(C)Cc1cccc(C(F)(F)F)c1. The molecule has 0 heterocycles. The monoisotopic (exact) mass is 274 g/mol. The highest BCUT2D eigenvalue weighted by molar-refractivity contribution is 5.25. The first kappa shape index (κ1) is 16.0. The highest BCUT2D eigenvalue weighted by Crippen LogP contribution is 2.29. The van der Waals surface area contributed by atoms with Gasteiger partial charge >= 0.3 is 6.18 Å². The molecular formula is C14H21F3N2. The zero-order valence-electron chi connectivity index (χ0n) is 11.4. The van der Waals surface area contributed by atoms with E-state index in [0.29, 0.717) is 12.1 Å². The van der Waals surface area contributed by atoms with E-state index in [9.17, 15) is 13.2 Å². The third kappa shape index (κ3) is 6.07. The molecule has 1 rings (SSSR count). The average Bonchev–Trinajstić information content (AvgIpc) is 2.34. The van der Waals surface area contributed by atoms with Gasteiger partial charge in [-0.2, -0.15) is 13.2 Å². The largest absolute Gasteiger partial charge is 0.416 e. The van der Waals surface area contributed by atoms with Crippen LogP contribution in [-0.4, -0.2) is 31.6 Å². The van der Waals surface area contributed by atoms with Crippen molar-refractivity contribution in [2.24, 2.45) is 0 Å². The van der Waals surface area contributed by atoms with E-state index in [4.69, 9.17) is 0 Å². The Kier molecular flexibility index (Phi) is 6.31. The van der Waals surface area contributed by atoms with E-state index in [1.165, 1.54) is 12.1 Å². The van der Waals surface area contributed by atoms with Crippen LogP contribution in [0.4, 0.5) is 13.2 Å². The molecule has 0 unspecified atom stereocenters. The molecule has 0 atom stereocenters. The second kappa shape index (κ2) is 7.50. The van der Waals surface area contributed by atoms with E-state index in [0.717, 1.165) is 32.1 Å². The summed E-state index contributed by atoms with van der Waals surface area (Å²) in [5, 5.41) is 3.27. The summed E-state index contributed by atoms with van der Waals surface area (Å²) in [4.78, 5) is 2.01. The molecule has 1 aromatic carbocycles. The van der Waals surface area contributed by atoms with Gasteiger partial charge in [-0.05, 0) is 31.6 Å². The molecule has 0 spiro atoms. The van der Waals surface area contributed by atoms with Crippen molar-refractivity contribution in [3.05, 3.63) is 35.4 Å². The standard InChI is InChI=1S/C14H21F3N2/c1-3-7-18-8-9-19(2)11-12-5-4-6-13(10-12)14(15,16)17/h4-6,10,18H,3,7-9,11H2,1-2H3. The van der Waals surface area contributed by atoms with Gasteiger partial charge in [0, 0.05) is 19.6 Å². The lowest BCUT2D eigenvalue weighted by Gasteiger charge is -2.17. The van der Waals surface area contributed by atoms with Crippen molar-refractivity contribution in [3.63, 3.8) is 0 Å². The van der Waals surface area contributed by atoms with Gasteiger partial charge < -0.3 is 10.2 Å². The number of halogens is 3. The van der Waals surface area contributed by atoms with E-state index in [2.05, 4.69) is 12.2 Å². The Morgan fingerprint density at radius 2 is 1.95 bits per heavy atom. The molecule has 0 aliphatic carbocycles. The van der Waals surface area contributed by atoms with Crippen LogP contribution >= 0.6 is 0 Å². The van der Waals surface area contributed by atoms with Crippen LogP contribution in [0.3, 0.4) is 0 Å². The van der Waals surface area contributed by atoms with Gasteiger partial charge in [0.15, 0.2) is 0 Å². The maximum absolute atomic E-state index is 12.6. The quantitative estimate of drug-likeness (QED) is 0.768. The first-order chi connectivity index (χ1) is 8.93. The molecule has 0 aliphatic rings. The first-order valence-electron chi connectivity index (χ1n) is 6.49. The fraction of sp³-hybridized carbons (Fsp3) is 0.571. The topological polar surface area (TPSA) is 15.3 Å². The lowest BCUT2D eigenvalue weighted by atomic mass is 10.1. The molecule has 5 heteroatoms. The molecule has 0 radical (unpaired) electrons. The molecule has 0 fully saturated rings. The zero-order chi connectivity index (χ0) is 14.3. The lowest BCUT2D eigenvalue weighted by Crippen LogP contribution is -2.29. The van der Waals surface area contributed by atoms with Crippen LogP contribution in [-0.2, 0) is 12.7 Å². The highest BCUT2D eigenvalue weighted by Gasteiger charge is 2.30. The van der Waals surface area contributed by atoms with Gasteiger partial charge in [0.25, 0.3) is 0 Å². The molecule has 0 aromatic heterocycles. The molecule has 108 valence electrons. The number of hydrogen-bond donors (Lipinski definition) is 1. The van der Waals surface area contributed by atoms with Gasteiger partial charge in [0.2, 0.25) is 0 Å². The van der Waals surface area contributed by atoms with Gasteiger partial charge in [-0.15, -0.1) is 0 Å². The number of benzene rings is 1. The number of likely N-dealkylation sites (N-methyl/N-ethyl adjacent to an activating group) is 1. The minimum atomic E-state index is -4.27. The fourth-order valence-electron chi connectivity index (χ4n) is 1.81. The molecule has 1 N–H and O–H groups in total. The van der Waals surface area contributed by atoms with Crippen molar-refractivity contribution >= 4 is 0 Å². The van der Waals surface area contributed by atoms with Crippen molar-refractivity contribution in [3.8, 4) is 0 Å². The molecule has 0 bridgehead atoms. The van der Waals surface area contributed by atoms with E-state index in [1.54, 1.807) is 6.07 Å². The van der Waals surface area contributed by atoms with Crippen molar-refractivity contribution in [1.29, 1.82) is 0 Å². The summed E-state index contributed by atoms with van der Waals surface area (Å²) in [6, 6.07) is 5.51. The van der Waals surface area contributed by atoms with Crippen LogP contribution in [0, 0.1) is 0 Å². The van der Waals surface area contributed by atoms with Crippen LogP contribution < -0.4 is 5.32 Å². The minimum absolute atomic E-state index is 0.526. The Balaban J connectivity index is 2.48. The van der Waals surface area contributed by atoms with Crippen molar-refractivity contribution in [2.75, 3.05) is 26.7 Å². The molecule has 0 aliphatic heterocycles. The summed E-state index contributed by atoms with van der Waals surface area (Å²) < 4.78 is 37.7. The summed E-state index contributed by atoms with van der Waals surface area (Å²) in [5.74, 6) is 0. The van der Waals surface area contributed by atoms with Crippen molar-refractivity contribution < 1.29 is 13.2 Å². The maximum atomic E-state index is 12.6. The summed E-state index contributed by atoms with van der Waals surface area (Å²) >= 11 is 0. The van der Waals surface area contributed by atoms with Gasteiger partial charge in [0.1, 0.15) is 0 Å². The number of rotatable bonds is 7. The zero-order valence-corrected chi connectivity index (χ0v) is 11.4. The Bertz CT molecular complexity index is 377. The molecular weight excluding hydrogens is 253 g/mol. The summed E-state index contributed by atoms with van der Waals surface area (Å²) in [7, 11) is 1.91. The van der Waals surface area contributed by atoms with Crippen LogP contribution in [0.5, 0.6) is 0 Å². The van der Waals surface area contributed by atoms with Crippen molar-refractivity contribution in [2.45, 2.75) is 26.1 Å². The van der Waals surface area contributed by atoms with Crippen LogP contribution in [0.25, 0.3) is 0 Å². The Morgan fingerprint density at radius 1 is 1.21 bits per heavy atom. The maximum Gasteiger partial charge on any atom is 0.416 e. The predicted molar refractivity (Wildman–Crippen MR) is 70.9 cm³/mol. The number of nitrogens with one attached hydrogen (secondary N) is 1. The lowest BCUT2D eigenvalue weighted by molar-refractivity contribution is -0.137. The Morgan fingerprint density at radius 3 is 2.58 bits per heavy atom. The summed E-state index contributed by atoms with van der Waals surface area (Å²) in [6.45, 7) is 5.26. The summed E-state index contributed by atoms with van der Waals surface area (Å²) in [5.41, 5.74) is 0.107.